The first-order valence-electron chi connectivity index (χ1n) is 3.47. The molecule has 0 saturated carbocycles. The van der Waals surface area contributed by atoms with Gasteiger partial charge in [-0.15, -0.1) is 0 Å². The maximum atomic E-state index is 10.6. The summed E-state index contributed by atoms with van der Waals surface area (Å²) >= 11 is 9.75. The molecule has 0 bridgehead atoms. The van der Waals surface area contributed by atoms with Crippen molar-refractivity contribution in [3.63, 3.8) is 0 Å². The van der Waals surface area contributed by atoms with Gasteiger partial charge in [-0.25, -0.2) is 9.78 Å². The number of nitrogens with zero attached hydrogens (tertiary/aromatic N) is 1. The average molecular weight is 298 g/mol. The largest absolute Gasteiger partial charge is 0.477 e. The summed E-state index contributed by atoms with van der Waals surface area (Å²) in [5.41, 5.74) is 0. The Bertz CT molecular complexity index is 380. The molecule has 4 nitrogen and oxygen atoms in total. The summed E-state index contributed by atoms with van der Waals surface area (Å²) in [4.78, 5) is 14.5. The van der Waals surface area contributed by atoms with E-state index < -0.39 is 5.97 Å². The van der Waals surface area contributed by atoms with Crippen molar-refractivity contribution in [2.24, 2.45) is 0 Å². The zero-order valence-electron chi connectivity index (χ0n) is 6.88. The maximum absolute atomic E-state index is 10.6. The number of nitrogens with one attached hydrogen (secondary N) is 1. The highest BCUT2D eigenvalue weighted by atomic mass is 79.9. The van der Waals surface area contributed by atoms with Crippen LogP contribution < -0.4 is 5.32 Å². The minimum Gasteiger partial charge on any atom is -0.477 e. The molecular formula is C7H6BrClN2O2S. The molecule has 0 aromatic carbocycles. The minimum absolute atomic E-state index is 0.00480. The van der Waals surface area contributed by atoms with Crippen LogP contribution in [-0.2, 0) is 0 Å². The Labute approximate surface area is 97.7 Å². The van der Waals surface area contributed by atoms with Crippen molar-refractivity contribution in [1.82, 2.24) is 4.98 Å². The minimum atomic E-state index is -1.07. The molecule has 0 aliphatic heterocycles. The number of halogens is 2. The molecule has 0 spiro atoms. The third kappa shape index (κ3) is 2.97. The lowest BCUT2D eigenvalue weighted by Gasteiger charge is -1.97. The lowest BCUT2D eigenvalue weighted by molar-refractivity contribution is 0.0702. The van der Waals surface area contributed by atoms with Gasteiger partial charge in [-0.2, -0.15) is 0 Å². The van der Waals surface area contributed by atoms with E-state index in [-0.39, 0.29) is 10.0 Å². The quantitative estimate of drug-likeness (QED) is 0.897. The third-order valence-corrected chi connectivity index (χ3v) is 2.88. The lowest BCUT2D eigenvalue weighted by atomic mass is 10.6. The van der Waals surface area contributed by atoms with Crippen LogP contribution in [0.15, 0.2) is 11.1 Å². The zero-order valence-corrected chi connectivity index (χ0v) is 10.0. The van der Waals surface area contributed by atoms with Crippen LogP contribution in [0, 0.1) is 0 Å². The fraction of sp³-hybridized carbons (Fsp3) is 0.143. The first-order valence-corrected chi connectivity index (χ1v) is 5.46. The Hall–Kier alpha value is -0.590. The highest BCUT2D eigenvalue weighted by Gasteiger charge is 2.15. The van der Waals surface area contributed by atoms with Crippen LogP contribution in [0.25, 0.3) is 0 Å². The Morgan fingerprint density at radius 1 is 1.79 bits per heavy atom. The van der Waals surface area contributed by atoms with Crippen molar-refractivity contribution in [2.75, 3.05) is 11.9 Å². The summed E-state index contributed by atoms with van der Waals surface area (Å²) in [6, 6.07) is 0. The molecule has 0 saturated heterocycles. The van der Waals surface area contributed by atoms with E-state index in [0.29, 0.717) is 11.7 Å². The van der Waals surface area contributed by atoms with Crippen LogP contribution in [-0.4, -0.2) is 22.6 Å². The number of aromatic carboxylic acids is 1. The van der Waals surface area contributed by atoms with E-state index >= 15 is 0 Å². The molecule has 0 fully saturated rings. The summed E-state index contributed by atoms with van der Waals surface area (Å²) in [6.07, 6.45) is 0. The van der Waals surface area contributed by atoms with Gasteiger partial charge < -0.3 is 10.4 Å². The molecule has 0 radical (unpaired) electrons. The highest BCUT2D eigenvalue weighted by molar-refractivity contribution is 9.11. The first kappa shape index (κ1) is 11.5. The Morgan fingerprint density at radius 3 is 2.86 bits per heavy atom. The number of carboxylic acid groups (broad SMARTS) is 1. The Kier molecular flexibility index (Phi) is 3.91. The van der Waals surface area contributed by atoms with Gasteiger partial charge >= 0.3 is 5.97 Å². The topological polar surface area (TPSA) is 62.2 Å². The van der Waals surface area contributed by atoms with Crippen molar-refractivity contribution in [1.29, 1.82) is 0 Å². The number of hydrogen-bond acceptors (Lipinski definition) is 4. The van der Waals surface area contributed by atoms with Crippen LogP contribution in [0.1, 0.15) is 9.67 Å². The van der Waals surface area contributed by atoms with Gasteiger partial charge in [0.1, 0.15) is 0 Å². The van der Waals surface area contributed by atoms with E-state index in [0.717, 1.165) is 15.8 Å². The monoisotopic (exact) mass is 296 g/mol. The molecule has 1 aromatic rings. The van der Waals surface area contributed by atoms with Gasteiger partial charge in [-0.3, -0.25) is 0 Å². The van der Waals surface area contributed by atoms with Gasteiger partial charge in [0.05, 0.1) is 0 Å². The van der Waals surface area contributed by atoms with Crippen molar-refractivity contribution < 1.29 is 9.90 Å². The fourth-order valence-electron chi connectivity index (χ4n) is 0.681. The van der Waals surface area contributed by atoms with E-state index in [4.69, 9.17) is 16.7 Å². The third-order valence-electron chi connectivity index (χ3n) is 1.21. The Balaban J connectivity index is 2.76. The lowest BCUT2D eigenvalue weighted by Crippen LogP contribution is -1.99. The molecule has 1 heterocycles. The van der Waals surface area contributed by atoms with Crippen LogP contribution in [0.2, 0.25) is 5.15 Å². The van der Waals surface area contributed by atoms with Crippen molar-refractivity contribution in [3.8, 4) is 0 Å². The molecule has 14 heavy (non-hydrogen) atoms. The summed E-state index contributed by atoms with van der Waals surface area (Å²) in [6.45, 7) is 4.09. The van der Waals surface area contributed by atoms with E-state index in [1.54, 1.807) is 0 Å². The van der Waals surface area contributed by atoms with Crippen molar-refractivity contribution in [2.45, 2.75) is 0 Å². The molecule has 7 heteroatoms. The van der Waals surface area contributed by atoms with Gasteiger partial charge in [0.2, 0.25) is 0 Å². The zero-order chi connectivity index (χ0) is 10.7. The highest BCUT2D eigenvalue weighted by Crippen LogP contribution is 2.26. The van der Waals surface area contributed by atoms with E-state index in [1.165, 1.54) is 0 Å². The van der Waals surface area contributed by atoms with Crippen LogP contribution >= 0.6 is 38.9 Å². The SMILES string of the molecule is C=C(Br)CNc1nc(Cl)c(C(=O)O)s1. The smallest absolute Gasteiger partial charge is 0.349 e. The second-order valence-electron chi connectivity index (χ2n) is 2.31. The molecule has 0 unspecified atom stereocenters. The number of aromatic nitrogens is 1. The van der Waals surface area contributed by atoms with Gasteiger partial charge in [0.25, 0.3) is 0 Å². The molecule has 0 aliphatic carbocycles. The summed E-state index contributed by atoms with van der Waals surface area (Å²) < 4.78 is 0.751. The summed E-state index contributed by atoms with van der Waals surface area (Å²) in [7, 11) is 0. The standard InChI is InChI=1S/C7H6BrClN2O2S/c1-3(8)2-10-7-11-5(9)4(14-7)6(12)13/h1-2H2,(H,10,11)(H,12,13). The number of carboxylic acids is 1. The molecule has 0 atom stereocenters. The van der Waals surface area contributed by atoms with Gasteiger partial charge in [0.15, 0.2) is 15.2 Å². The molecule has 0 amide bonds. The molecular weight excluding hydrogens is 292 g/mol. The van der Waals surface area contributed by atoms with Gasteiger partial charge in [-0.1, -0.05) is 45.4 Å². The maximum Gasteiger partial charge on any atom is 0.349 e. The van der Waals surface area contributed by atoms with Gasteiger partial charge in [-0.05, 0) is 0 Å². The number of carbonyl (C=O) groups is 1. The second-order valence-corrected chi connectivity index (χ2v) is 4.79. The summed E-state index contributed by atoms with van der Waals surface area (Å²) in [5, 5.41) is 12.0. The fourth-order valence-corrected chi connectivity index (χ4v) is 1.84. The van der Waals surface area contributed by atoms with Crippen LogP contribution in [0.4, 0.5) is 5.13 Å². The van der Waals surface area contributed by atoms with E-state index in [2.05, 4.69) is 32.8 Å². The van der Waals surface area contributed by atoms with Crippen molar-refractivity contribution >= 4 is 50.0 Å². The average Bonchev–Trinajstić information content (AvgIpc) is 2.43. The predicted octanol–water partition coefficient (Wildman–Crippen LogP) is 2.82. The number of anilines is 1. The molecule has 76 valence electrons. The molecule has 0 aliphatic rings. The van der Waals surface area contributed by atoms with E-state index in [1.807, 2.05) is 0 Å². The Morgan fingerprint density at radius 2 is 2.43 bits per heavy atom. The van der Waals surface area contributed by atoms with Crippen molar-refractivity contribution in [3.05, 3.63) is 21.1 Å². The predicted molar refractivity (Wildman–Crippen MR) is 60.6 cm³/mol. The summed E-state index contributed by atoms with van der Waals surface area (Å²) in [5.74, 6) is -1.07. The molecule has 1 rings (SSSR count). The normalized spacial score (nSPS) is 9.86. The molecule has 2 N–H and O–H groups in total. The van der Waals surface area contributed by atoms with Crippen LogP contribution in [0.3, 0.4) is 0 Å². The van der Waals surface area contributed by atoms with E-state index in [9.17, 15) is 4.79 Å². The van der Waals surface area contributed by atoms with Gasteiger partial charge in [0, 0.05) is 11.0 Å². The number of hydrogen-bond donors (Lipinski definition) is 2. The molecule has 1 aromatic heterocycles. The second kappa shape index (κ2) is 4.77. The van der Waals surface area contributed by atoms with Crippen LogP contribution in [0.5, 0.6) is 0 Å². The number of rotatable bonds is 4. The number of thiazole rings is 1. The first-order chi connectivity index (χ1) is 6.50.